The third-order valence-corrected chi connectivity index (χ3v) is 3.02. The van der Waals surface area contributed by atoms with Crippen LogP contribution in [0.25, 0.3) is 0 Å². The molecule has 88 valence electrons. The highest BCUT2D eigenvalue weighted by Crippen LogP contribution is 2.36. The molecular formula is C14H12N4. The van der Waals surface area contributed by atoms with Gasteiger partial charge in [-0.25, -0.2) is 0 Å². The molecule has 1 N–H and O–H groups in total. The summed E-state index contributed by atoms with van der Waals surface area (Å²) in [5.41, 5.74) is 3.60. The predicted octanol–water partition coefficient (Wildman–Crippen LogP) is 2.36. The molecule has 0 amide bonds. The molecule has 0 saturated carbocycles. The molecule has 2 heterocycles. The zero-order valence-electron chi connectivity index (χ0n) is 10.2. The summed E-state index contributed by atoms with van der Waals surface area (Å²) < 4.78 is 0. The molecule has 4 heteroatoms. The van der Waals surface area contributed by atoms with Crippen LogP contribution in [-0.4, -0.2) is 4.98 Å². The highest BCUT2D eigenvalue weighted by molar-refractivity contribution is 5.54. The molecule has 1 aromatic rings. The number of dihydropyridines is 1. The Morgan fingerprint density at radius 2 is 1.78 bits per heavy atom. The van der Waals surface area contributed by atoms with Crippen molar-refractivity contribution in [2.45, 2.75) is 19.8 Å². The van der Waals surface area contributed by atoms with Crippen molar-refractivity contribution in [3.05, 3.63) is 52.6 Å². The van der Waals surface area contributed by atoms with Crippen molar-refractivity contribution in [1.29, 1.82) is 10.5 Å². The quantitative estimate of drug-likeness (QED) is 0.812. The fraction of sp³-hybridized carbons (Fsp3) is 0.214. The number of nitrogens with zero attached hydrogens (tertiary/aromatic N) is 3. The third-order valence-electron chi connectivity index (χ3n) is 3.02. The molecule has 0 bridgehead atoms. The van der Waals surface area contributed by atoms with Crippen LogP contribution in [0, 0.1) is 22.7 Å². The lowest BCUT2D eigenvalue weighted by Crippen LogP contribution is -2.23. The average molecular weight is 236 g/mol. The summed E-state index contributed by atoms with van der Waals surface area (Å²) in [6, 6.07) is 8.08. The Hall–Kier alpha value is -2.59. The average Bonchev–Trinajstić information content (AvgIpc) is 2.39. The minimum atomic E-state index is -0.310. The Labute approximate surface area is 106 Å². The first-order valence-corrected chi connectivity index (χ1v) is 5.57. The van der Waals surface area contributed by atoms with Gasteiger partial charge in [0.15, 0.2) is 0 Å². The second kappa shape index (κ2) is 4.73. The van der Waals surface area contributed by atoms with Gasteiger partial charge in [0.2, 0.25) is 0 Å². The van der Waals surface area contributed by atoms with Crippen molar-refractivity contribution in [3.63, 3.8) is 0 Å². The Morgan fingerprint density at radius 1 is 1.17 bits per heavy atom. The van der Waals surface area contributed by atoms with Crippen molar-refractivity contribution in [1.82, 2.24) is 10.3 Å². The standard InChI is InChI=1S/C14H12N4/c1-9-12(6-15)14(11-4-3-5-17-8-11)13(7-16)10(2)18-9/h3-5,8,14,18H,1-2H3. The van der Waals surface area contributed by atoms with Crippen molar-refractivity contribution < 1.29 is 0 Å². The van der Waals surface area contributed by atoms with Gasteiger partial charge in [0.1, 0.15) is 0 Å². The summed E-state index contributed by atoms with van der Waals surface area (Å²) >= 11 is 0. The highest BCUT2D eigenvalue weighted by Gasteiger charge is 2.29. The number of nitrogens with one attached hydrogen (secondary N) is 1. The van der Waals surface area contributed by atoms with Gasteiger partial charge in [-0.15, -0.1) is 0 Å². The van der Waals surface area contributed by atoms with Crippen LogP contribution in [0.4, 0.5) is 0 Å². The van der Waals surface area contributed by atoms with Crippen LogP contribution in [0.15, 0.2) is 47.1 Å². The van der Waals surface area contributed by atoms with E-state index in [0.29, 0.717) is 11.1 Å². The number of rotatable bonds is 1. The molecular weight excluding hydrogens is 224 g/mol. The molecule has 1 aromatic heterocycles. The fourth-order valence-corrected chi connectivity index (χ4v) is 2.17. The van der Waals surface area contributed by atoms with E-state index in [1.54, 1.807) is 12.4 Å². The molecule has 0 radical (unpaired) electrons. The van der Waals surface area contributed by atoms with E-state index in [2.05, 4.69) is 22.4 Å². The summed E-state index contributed by atoms with van der Waals surface area (Å²) in [6.07, 6.45) is 3.38. The molecule has 2 rings (SSSR count). The number of hydrogen-bond donors (Lipinski definition) is 1. The van der Waals surface area contributed by atoms with Gasteiger partial charge in [0.25, 0.3) is 0 Å². The number of aromatic nitrogens is 1. The van der Waals surface area contributed by atoms with Gasteiger partial charge in [-0.1, -0.05) is 6.07 Å². The lowest BCUT2D eigenvalue weighted by atomic mass is 9.82. The lowest BCUT2D eigenvalue weighted by molar-refractivity contribution is 0.811. The normalized spacial score (nSPS) is 16.0. The van der Waals surface area contributed by atoms with E-state index >= 15 is 0 Å². The maximum Gasteiger partial charge on any atom is 0.0975 e. The summed E-state index contributed by atoms with van der Waals surface area (Å²) in [7, 11) is 0. The second-order valence-electron chi connectivity index (χ2n) is 4.15. The fourth-order valence-electron chi connectivity index (χ4n) is 2.17. The van der Waals surface area contributed by atoms with Crippen molar-refractivity contribution >= 4 is 0 Å². The first-order chi connectivity index (χ1) is 8.69. The maximum absolute atomic E-state index is 9.29. The Balaban J connectivity index is 2.62. The molecule has 0 aliphatic carbocycles. The Kier molecular flexibility index (Phi) is 3.12. The van der Waals surface area contributed by atoms with E-state index in [0.717, 1.165) is 17.0 Å². The van der Waals surface area contributed by atoms with E-state index in [4.69, 9.17) is 0 Å². The van der Waals surface area contributed by atoms with Gasteiger partial charge in [0, 0.05) is 23.8 Å². The van der Waals surface area contributed by atoms with E-state index in [1.807, 2.05) is 26.0 Å². The lowest BCUT2D eigenvalue weighted by Gasteiger charge is -2.25. The van der Waals surface area contributed by atoms with Gasteiger partial charge in [0.05, 0.1) is 29.2 Å². The monoisotopic (exact) mass is 236 g/mol. The number of allylic oxidation sites excluding steroid dienone is 4. The van der Waals surface area contributed by atoms with Crippen molar-refractivity contribution in [2.24, 2.45) is 0 Å². The van der Waals surface area contributed by atoms with Crippen LogP contribution in [0.3, 0.4) is 0 Å². The number of pyridine rings is 1. The zero-order chi connectivity index (χ0) is 13.1. The number of nitriles is 2. The molecule has 0 unspecified atom stereocenters. The molecule has 4 nitrogen and oxygen atoms in total. The van der Waals surface area contributed by atoms with E-state index < -0.39 is 0 Å². The molecule has 0 aromatic carbocycles. The SMILES string of the molecule is CC1=C(C#N)C(c2cccnc2)C(C#N)=C(C)N1. The van der Waals surface area contributed by atoms with Crippen LogP contribution < -0.4 is 5.32 Å². The molecule has 0 atom stereocenters. The predicted molar refractivity (Wildman–Crippen MR) is 66.7 cm³/mol. The minimum Gasteiger partial charge on any atom is -0.361 e. The molecule has 1 aliphatic rings. The zero-order valence-corrected chi connectivity index (χ0v) is 10.2. The van der Waals surface area contributed by atoms with Crippen LogP contribution in [0.2, 0.25) is 0 Å². The largest absolute Gasteiger partial charge is 0.361 e. The van der Waals surface area contributed by atoms with Crippen LogP contribution in [0.1, 0.15) is 25.3 Å². The van der Waals surface area contributed by atoms with Crippen LogP contribution in [0.5, 0.6) is 0 Å². The molecule has 0 fully saturated rings. The van der Waals surface area contributed by atoms with Crippen LogP contribution >= 0.6 is 0 Å². The van der Waals surface area contributed by atoms with E-state index in [1.165, 1.54) is 0 Å². The van der Waals surface area contributed by atoms with Gasteiger partial charge in [-0.2, -0.15) is 10.5 Å². The summed E-state index contributed by atoms with van der Waals surface area (Å²) in [5.74, 6) is -0.310. The first-order valence-electron chi connectivity index (χ1n) is 5.57. The first kappa shape index (κ1) is 11.9. The van der Waals surface area contributed by atoms with Gasteiger partial charge in [-0.3, -0.25) is 4.98 Å². The van der Waals surface area contributed by atoms with E-state index in [9.17, 15) is 10.5 Å². The second-order valence-corrected chi connectivity index (χ2v) is 4.15. The summed E-state index contributed by atoms with van der Waals surface area (Å²) in [5, 5.41) is 21.7. The van der Waals surface area contributed by atoms with Crippen molar-refractivity contribution in [3.8, 4) is 12.1 Å². The topological polar surface area (TPSA) is 72.5 Å². The van der Waals surface area contributed by atoms with Gasteiger partial charge >= 0.3 is 0 Å². The van der Waals surface area contributed by atoms with E-state index in [-0.39, 0.29) is 5.92 Å². The van der Waals surface area contributed by atoms with Gasteiger partial charge in [-0.05, 0) is 25.5 Å². The highest BCUT2D eigenvalue weighted by atomic mass is 14.9. The number of hydrogen-bond acceptors (Lipinski definition) is 4. The minimum absolute atomic E-state index is 0.310. The Morgan fingerprint density at radius 3 is 2.22 bits per heavy atom. The molecule has 1 aliphatic heterocycles. The summed E-state index contributed by atoms with van der Waals surface area (Å²) in [4.78, 5) is 4.06. The smallest absolute Gasteiger partial charge is 0.0975 e. The molecule has 18 heavy (non-hydrogen) atoms. The van der Waals surface area contributed by atoms with Crippen molar-refractivity contribution in [2.75, 3.05) is 0 Å². The Bertz CT molecular complexity index is 575. The third kappa shape index (κ3) is 1.85. The molecule has 0 saturated heterocycles. The summed E-state index contributed by atoms with van der Waals surface area (Å²) in [6.45, 7) is 3.69. The van der Waals surface area contributed by atoms with Crippen LogP contribution in [-0.2, 0) is 0 Å². The maximum atomic E-state index is 9.29. The molecule has 0 spiro atoms. The van der Waals surface area contributed by atoms with Gasteiger partial charge < -0.3 is 5.32 Å².